The van der Waals surface area contributed by atoms with Crippen LogP contribution in [0.4, 0.5) is 17.2 Å². The van der Waals surface area contributed by atoms with E-state index in [0.29, 0.717) is 34.3 Å². The lowest BCUT2D eigenvalue weighted by Gasteiger charge is -2.28. The first-order valence-corrected chi connectivity index (χ1v) is 12.2. The maximum atomic E-state index is 12.9. The summed E-state index contributed by atoms with van der Waals surface area (Å²) in [5.41, 5.74) is 1.76. The second kappa shape index (κ2) is 11.8. The molecule has 1 saturated heterocycles. The SMILES string of the molecule is CN(C(=O)CN1CCCCC1)c1ccc(C(=O)Nc2ccccc2C(=O)Nc2cc(Cl)ccn2)cc1. The molecule has 9 heteroatoms. The van der Waals surface area contributed by atoms with Crippen LogP contribution in [0.2, 0.25) is 5.02 Å². The molecule has 2 N–H and O–H groups in total. The lowest BCUT2D eigenvalue weighted by atomic mass is 10.1. The van der Waals surface area contributed by atoms with E-state index in [1.54, 1.807) is 66.5 Å². The van der Waals surface area contributed by atoms with Gasteiger partial charge in [0.25, 0.3) is 11.8 Å². The smallest absolute Gasteiger partial charge is 0.258 e. The first-order valence-electron chi connectivity index (χ1n) is 11.8. The summed E-state index contributed by atoms with van der Waals surface area (Å²) in [5, 5.41) is 5.93. The number of rotatable bonds is 7. The molecule has 8 nitrogen and oxygen atoms in total. The van der Waals surface area contributed by atoms with Gasteiger partial charge in [-0.2, -0.15) is 0 Å². The highest BCUT2D eigenvalue weighted by Crippen LogP contribution is 2.21. The molecule has 4 rings (SSSR count). The third kappa shape index (κ3) is 6.47. The Labute approximate surface area is 215 Å². The van der Waals surface area contributed by atoms with E-state index in [0.717, 1.165) is 25.9 Å². The number of nitrogens with one attached hydrogen (secondary N) is 2. The van der Waals surface area contributed by atoms with Crippen LogP contribution in [0.25, 0.3) is 0 Å². The minimum absolute atomic E-state index is 0.0169. The molecule has 36 heavy (non-hydrogen) atoms. The van der Waals surface area contributed by atoms with Gasteiger partial charge < -0.3 is 15.5 Å². The number of likely N-dealkylation sites (N-methyl/N-ethyl adjacent to an activating group) is 1. The van der Waals surface area contributed by atoms with Gasteiger partial charge in [-0.1, -0.05) is 30.2 Å². The minimum Gasteiger partial charge on any atom is -0.321 e. The van der Waals surface area contributed by atoms with Crippen LogP contribution in [0.15, 0.2) is 66.9 Å². The Bertz CT molecular complexity index is 1240. The molecular formula is C27H28ClN5O3. The average Bonchev–Trinajstić information content (AvgIpc) is 2.89. The molecule has 1 aliphatic heterocycles. The number of carbonyl (C=O) groups excluding carboxylic acids is 3. The summed E-state index contributed by atoms with van der Waals surface area (Å²) >= 11 is 5.96. The van der Waals surface area contributed by atoms with Gasteiger partial charge in [0.05, 0.1) is 17.8 Å². The van der Waals surface area contributed by atoms with Gasteiger partial charge in [-0.05, 0) is 74.5 Å². The number of halogens is 1. The molecule has 1 aliphatic rings. The lowest BCUT2D eigenvalue weighted by Crippen LogP contribution is -2.40. The third-order valence-electron chi connectivity index (χ3n) is 6.08. The molecule has 0 unspecified atom stereocenters. The van der Waals surface area contributed by atoms with Crippen molar-refractivity contribution in [3.63, 3.8) is 0 Å². The van der Waals surface area contributed by atoms with Gasteiger partial charge in [0.15, 0.2) is 0 Å². The van der Waals surface area contributed by atoms with Gasteiger partial charge >= 0.3 is 0 Å². The fourth-order valence-corrected chi connectivity index (χ4v) is 4.20. The molecule has 1 fully saturated rings. The van der Waals surface area contributed by atoms with Crippen molar-refractivity contribution >= 4 is 46.5 Å². The summed E-state index contributed by atoms with van der Waals surface area (Å²) in [6.07, 6.45) is 4.97. The van der Waals surface area contributed by atoms with E-state index in [-0.39, 0.29) is 17.4 Å². The normalized spacial score (nSPS) is 13.6. The molecule has 186 valence electrons. The van der Waals surface area contributed by atoms with Crippen molar-refractivity contribution < 1.29 is 14.4 Å². The maximum absolute atomic E-state index is 12.9. The molecule has 0 spiro atoms. The van der Waals surface area contributed by atoms with E-state index in [1.807, 2.05) is 0 Å². The predicted octanol–water partition coefficient (Wildman–Crippen LogP) is 4.69. The summed E-state index contributed by atoms with van der Waals surface area (Å²) in [6.45, 7) is 2.30. The maximum Gasteiger partial charge on any atom is 0.258 e. The summed E-state index contributed by atoms with van der Waals surface area (Å²) in [5.74, 6) is -0.471. The zero-order valence-electron chi connectivity index (χ0n) is 20.0. The van der Waals surface area contributed by atoms with Crippen molar-refractivity contribution in [3.8, 4) is 0 Å². The Morgan fingerprint density at radius 3 is 2.39 bits per heavy atom. The van der Waals surface area contributed by atoms with Crippen LogP contribution in [0.3, 0.4) is 0 Å². The summed E-state index contributed by atoms with van der Waals surface area (Å²) in [4.78, 5) is 46.3. The highest BCUT2D eigenvalue weighted by Gasteiger charge is 2.19. The van der Waals surface area contributed by atoms with Crippen LogP contribution in [0.5, 0.6) is 0 Å². The molecule has 3 aromatic rings. The van der Waals surface area contributed by atoms with E-state index in [9.17, 15) is 14.4 Å². The molecule has 0 saturated carbocycles. The molecule has 3 amide bonds. The number of benzene rings is 2. The molecule has 2 aromatic carbocycles. The van der Waals surface area contributed by atoms with E-state index < -0.39 is 5.91 Å². The number of likely N-dealkylation sites (tertiary alicyclic amines) is 1. The lowest BCUT2D eigenvalue weighted by molar-refractivity contribution is -0.119. The highest BCUT2D eigenvalue weighted by molar-refractivity contribution is 6.30. The number of pyridine rings is 1. The Hall–Kier alpha value is -3.75. The number of hydrogen-bond donors (Lipinski definition) is 2. The van der Waals surface area contributed by atoms with Crippen LogP contribution >= 0.6 is 11.6 Å². The van der Waals surface area contributed by atoms with Gasteiger partial charge in [-0.15, -0.1) is 0 Å². The van der Waals surface area contributed by atoms with Crippen LogP contribution in [-0.4, -0.2) is 54.3 Å². The van der Waals surface area contributed by atoms with Crippen LogP contribution < -0.4 is 15.5 Å². The van der Waals surface area contributed by atoms with Crippen molar-refractivity contribution in [2.45, 2.75) is 19.3 Å². The molecule has 0 bridgehead atoms. The first kappa shape index (κ1) is 25.3. The second-order valence-electron chi connectivity index (χ2n) is 8.65. The zero-order valence-corrected chi connectivity index (χ0v) is 20.8. The fraction of sp³-hybridized carbons (Fsp3) is 0.259. The van der Waals surface area contributed by atoms with Gasteiger partial charge in [0, 0.05) is 29.5 Å². The number of piperidine rings is 1. The number of para-hydroxylation sites is 1. The van der Waals surface area contributed by atoms with Crippen molar-refractivity contribution in [1.29, 1.82) is 0 Å². The fourth-order valence-electron chi connectivity index (χ4n) is 4.04. The number of nitrogens with zero attached hydrogens (tertiary/aromatic N) is 3. The van der Waals surface area contributed by atoms with Crippen LogP contribution in [0, 0.1) is 0 Å². The van der Waals surface area contributed by atoms with E-state index >= 15 is 0 Å². The van der Waals surface area contributed by atoms with E-state index in [2.05, 4.69) is 20.5 Å². The van der Waals surface area contributed by atoms with Gasteiger partial charge in [0.1, 0.15) is 5.82 Å². The van der Waals surface area contributed by atoms with Gasteiger partial charge in [0.2, 0.25) is 5.91 Å². The van der Waals surface area contributed by atoms with Gasteiger partial charge in [-0.25, -0.2) is 4.98 Å². The molecule has 2 heterocycles. The zero-order chi connectivity index (χ0) is 25.5. The summed E-state index contributed by atoms with van der Waals surface area (Å²) in [7, 11) is 1.74. The molecule has 0 aliphatic carbocycles. The van der Waals surface area contributed by atoms with Crippen LogP contribution in [0.1, 0.15) is 40.0 Å². The van der Waals surface area contributed by atoms with E-state index in [1.165, 1.54) is 18.7 Å². The van der Waals surface area contributed by atoms with Crippen LogP contribution in [-0.2, 0) is 4.79 Å². The van der Waals surface area contributed by atoms with E-state index in [4.69, 9.17) is 11.6 Å². The Kier molecular flexibility index (Phi) is 8.30. The van der Waals surface area contributed by atoms with Crippen molar-refractivity contribution in [3.05, 3.63) is 83.0 Å². The number of aromatic nitrogens is 1. The topological polar surface area (TPSA) is 94.6 Å². The standard InChI is InChI=1S/C27H28ClN5O3/c1-32(25(34)18-33-15-5-2-6-16-33)21-11-9-19(10-12-21)26(35)30-23-8-4-3-7-22(23)27(36)31-24-17-20(28)13-14-29-24/h3-4,7-14,17H,2,5-6,15-16,18H2,1H3,(H,30,35)(H,29,31,36). The third-order valence-corrected chi connectivity index (χ3v) is 6.32. The average molecular weight is 506 g/mol. The Balaban J connectivity index is 1.40. The Morgan fingerprint density at radius 2 is 1.67 bits per heavy atom. The quantitative estimate of drug-likeness (QED) is 0.486. The highest BCUT2D eigenvalue weighted by atomic mass is 35.5. The van der Waals surface area contributed by atoms with Gasteiger partial charge in [-0.3, -0.25) is 19.3 Å². The molecule has 0 radical (unpaired) electrons. The first-order chi connectivity index (χ1) is 17.4. The van der Waals surface area contributed by atoms with Crippen molar-refractivity contribution in [1.82, 2.24) is 9.88 Å². The number of anilines is 3. The predicted molar refractivity (Wildman–Crippen MR) is 142 cm³/mol. The molecular weight excluding hydrogens is 478 g/mol. The summed E-state index contributed by atoms with van der Waals surface area (Å²) < 4.78 is 0. The van der Waals surface area contributed by atoms with Crippen molar-refractivity contribution in [2.75, 3.05) is 42.2 Å². The Morgan fingerprint density at radius 1 is 0.944 bits per heavy atom. The summed E-state index contributed by atoms with van der Waals surface area (Å²) in [6, 6.07) is 16.7. The van der Waals surface area contributed by atoms with Crippen molar-refractivity contribution in [2.24, 2.45) is 0 Å². The monoisotopic (exact) mass is 505 g/mol. The second-order valence-corrected chi connectivity index (χ2v) is 9.09. The number of carbonyl (C=O) groups is 3. The molecule has 0 atom stereocenters. The minimum atomic E-state index is -0.426. The number of hydrogen-bond acceptors (Lipinski definition) is 5. The number of amides is 3. The molecule has 1 aromatic heterocycles. The largest absolute Gasteiger partial charge is 0.321 e.